The Balaban J connectivity index is 1.97. The van der Waals surface area contributed by atoms with Crippen LogP contribution in [-0.2, 0) is 0 Å². The van der Waals surface area contributed by atoms with E-state index in [-0.39, 0.29) is 0 Å². The Morgan fingerprint density at radius 1 is 1.28 bits per heavy atom. The molecule has 0 saturated carbocycles. The number of aliphatic hydroxyl groups excluding tert-OH is 1. The second kappa shape index (κ2) is 6.12. The van der Waals surface area contributed by atoms with Gasteiger partial charge in [0.05, 0.1) is 18.6 Å². The number of aliphatic hydroxyl groups is 1. The zero-order valence-corrected chi connectivity index (χ0v) is 10.3. The van der Waals surface area contributed by atoms with Crippen LogP contribution in [0.1, 0.15) is 18.8 Å². The van der Waals surface area contributed by atoms with Gasteiger partial charge in [0.15, 0.2) is 0 Å². The summed E-state index contributed by atoms with van der Waals surface area (Å²) in [5.74, 6) is 1.34. The van der Waals surface area contributed by atoms with E-state index < -0.39 is 6.10 Å². The first kappa shape index (κ1) is 12.5. The number of hydrogen-bond donors (Lipinski definition) is 2. The van der Waals surface area contributed by atoms with Crippen molar-refractivity contribution in [3.05, 3.63) is 48.4 Å². The maximum atomic E-state index is 9.89. The van der Waals surface area contributed by atoms with Crippen molar-refractivity contribution in [3.63, 3.8) is 0 Å². The van der Waals surface area contributed by atoms with Gasteiger partial charge in [0, 0.05) is 6.54 Å². The molecule has 0 fully saturated rings. The molecule has 2 N–H and O–H groups in total. The van der Waals surface area contributed by atoms with Crippen molar-refractivity contribution in [2.45, 2.75) is 13.0 Å². The number of rotatable bonds is 6. The minimum atomic E-state index is -0.672. The standard InChI is InChI=1S/C14H17NO3/c1-2-17-13-7-4-3-6-11(13)15-10-12(16)14-8-5-9-18-14/h3-9,12,15-16H,2,10H2,1H3. The Morgan fingerprint density at radius 3 is 2.83 bits per heavy atom. The SMILES string of the molecule is CCOc1ccccc1NCC(O)c1ccco1. The summed E-state index contributed by atoms with van der Waals surface area (Å²) in [6, 6.07) is 11.2. The molecule has 0 amide bonds. The fourth-order valence-electron chi connectivity index (χ4n) is 1.68. The second-order valence-electron chi connectivity index (χ2n) is 3.84. The molecule has 1 aromatic heterocycles. The van der Waals surface area contributed by atoms with Crippen molar-refractivity contribution >= 4 is 5.69 Å². The molecular weight excluding hydrogens is 230 g/mol. The lowest BCUT2D eigenvalue weighted by atomic mass is 10.2. The summed E-state index contributed by atoms with van der Waals surface area (Å²) in [4.78, 5) is 0. The quantitative estimate of drug-likeness (QED) is 0.824. The van der Waals surface area contributed by atoms with Gasteiger partial charge in [0.2, 0.25) is 0 Å². The number of para-hydroxylation sites is 2. The molecular formula is C14H17NO3. The fourth-order valence-corrected chi connectivity index (χ4v) is 1.68. The van der Waals surface area contributed by atoms with Crippen LogP contribution in [0.2, 0.25) is 0 Å². The monoisotopic (exact) mass is 247 g/mol. The third-order valence-corrected chi connectivity index (χ3v) is 2.54. The average Bonchev–Trinajstić information content (AvgIpc) is 2.92. The molecule has 2 rings (SSSR count). The summed E-state index contributed by atoms with van der Waals surface area (Å²) in [7, 11) is 0. The van der Waals surface area contributed by atoms with Crippen LogP contribution in [0.5, 0.6) is 5.75 Å². The van der Waals surface area contributed by atoms with E-state index in [4.69, 9.17) is 9.15 Å². The molecule has 0 aliphatic heterocycles. The Hall–Kier alpha value is -1.94. The van der Waals surface area contributed by atoms with E-state index in [9.17, 15) is 5.11 Å². The molecule has 0 radical (unpaired) electrons. The number of ether oxygens (including phenoxy) is 1. The van der Waals surface area contributed by atoms with Gasteiger partial charge in [-0.1, -0.05) is 12.1 Å². The van der Waals surface area contributed by atoms with Crippen LogP contribution in [0.4, 0.5) is 5.69 Å². The van der Waals surface area contributed by atoms with Crippen LogP contribution >= 0.6 is 0 Å². The molecule has 1 heterocycles. The summed E-state index contributed by atoms with van der Waals surface area (Å²) < 4.78 is 10.6. The minimum absolute atomic E-state index is 0.373. The summed E-state index contributed by atoms with van der Waals surface area (Å²) in [6.07, 6.45) is 0.877. The Labute approximate surface area is 106 Å². The van der Waals surface area contributed by atoms with E-state index in [0.717, 1.165) is 11.4 Å². The summed E-state index contributed by atoms with van der Waals surface area (Å²) >= 11 is 0. The molecule has 0 saturated heterocycles. The van der Waals surface area contributed by atoms with Crippen molar-refractivity contribution in [2.75, 3.05) is 18.5 Å². The minimum Gasteiger partial charge on any atom is -0.492 e. The molecule has 1 aromatic carbocycles. The lowest BCUT2D eigenvalue weighted by Gasteiger charge is -2.14. The normalized spacial score (nSPS) is 12.1. The third kappa shape index (κ3) is 3.05. The molecule has 18 heavy (non-hydrogen) atoms. The van der Waals surface area contributed by atoms with Crippen molar-refractivity contribution in [3.8, 4) is 5.75 Å². The highest BCUT2D eigenvalue weighted by molar-refractivity contribution is 5.56. The highest BCUT2D eigenvalue weighted by Crippen LogP contribution is 2.24. The molecule has 0 aliphatic rings. The predicted octanol–water partition coefficient (Wildman–Crippen LogP) is 2.82. The maximum absolute atomic E-state index is 9.89. The first-order valence-corrected chi connectivity index (χ1v) is 5.98. The molecule has 96 valence electrons. The van der Waals surface area contributed by atoms with Gasteiger partial charge in [-0.15, -0.1) is 0 Å². The topological polar surface area (TPSA) is 54.6 Å². The fraction of sp³-hybridized carbons (Fsp3) is 0.286. The van der Waals surface area contributed by atoms with Crippen LogP contribution in [0, 0.1) is 0 Å². The largest absolute Gasteiger partial charge is 0.492 e. The van der Waals surface area contributed by atoms with E-state index in [1.54, 1.807) is 18.4 Å². The molecule has 1 atom stereocenters. The van der Waals surface area contributed by atoms with E-state index in [2.05, 4.69) is 5.32 Å². The average molecular weight is 247 g/mol. The van der Waals surface area contributed by atoms with Gasteiger partial charge in [-0.2, -0.15) is 0 Å². The highest BCUT2D eigenvalue weighted by atomic mass is 16.5. The zero-order valence-electron chi connectivity index (χ0n) is 10.3. The van der Waals surface area contributed by atoms with Gasteiger partial charge < -0.3 is 19.6 Å². The highest BCUT2D eigenvalue weighted by Gasteiger charge is 2.11. The second-order valence-corrected chi connectivity index (χ2v) is 3.84. The van der Waals surface area contributed by atoms with Gasteiger partial charge in [-0.3, -0.25) is 0 Å². The van der Waals surface area contributed by atoms with Gasteiger partial charge in [0.1, 0.15) is 17.6 Å². The molecule has 1 unspecified atom stereocenters. The van der Waals surface area contributed by atoms with Crippen LogP contribution in [0.25, 0.3) is 0 Å². The maximum Gasteiger partial charge on any atom is 0.142 e. The summed E-state index contributed by atoms with van der Waals surface area (Å²) in [5.41, 5.74) is 0.866. The van der Waals surface area contributed by atoms with Gasteiger partial charge in [0.25, 0.3) is 0 Å². The van der Waals surface area contributed by atoms with E-state index in [1.807, 2.05) is 31.2 Å². The molecule has 4 heteroatoms. The van der Waals surface area contributed by atoms with Crippen molar-refractivity contribution in [1.82, 2.24) is 0 Å². The Bertz CT molecular complexity index is 468. The molecule has 0 aliphatic carbocycles. The molecule has 0 bridgehead atoms. The van der Waals surface area contributed by atoms with Gasteiger partial charge >= 0.3 is 0 Å². The number of anilines is 1. The zero-order chi connectivity index (χ0) is 12.8. The van der Waals surface area contributed by atoms with Gasteiger partial charge in [-0.05, 0) is 31.2 Å². The Morgan fingerprint density at radius 2 is 2.11 bits per heavy atom. The number of nitrogens with one attached hydrogen (secondary N) is 1. The lowest BCUT2D eigenvalue weighted by molar-refractivity contribution is 0.162. The summed E-state index contributed by atoms with van der Waals surface area (Å²) in [6.45, 7) is 2.92. The number of hydrogen-bond acceptors (Lipinski definition) is 4. The first-order chi connectivity index (χ1) is 8.81. The number of benzene rings is 1. The van der Waals surface area contributed by atoms with Crippen molar-refractivity contribution in [1.29, 1.82) is 0 Å². The van der Waals surface area contributed by atoms with Crippen molar-refractivity contribution in [2.24, 2.45) is 0 Å². The molecule has 4 nitrogen and oxygen atoms in total. The van der Waals surface area contributed by atoms with E-state index in [0.29, 0.717) is 18.9 Å². The van der Waals surface area contributed by atoms with Crippen molar-refractivity contribution < 1.29 is 14.3 Å². The first-order valence-electron chi connectivity index (χ1n) is 5.98. The van der Waals surface area contributed by atoms with Crippen LogP contribution in [-0.4, -0.2) is 18.3 Å². The van der Waals surface area contributed by atoms with Crippen LogP contribution < -0.4 is 10.1 Å². The van der Waals surface area contributed by atoms with Crippen LogP contribution in [0.15, 0.2) is 47.1 Å². The lowest BCUT2D eigenvalue weighted by Crippen LogP contribution is -2.12. The van der Waals surface area contributed by atoms with Crippen LogP contribution in [0.3, 0.4) is 0 Å². The third-order valence-electron chi connectivity index (χ3n) is 2.54. The molecule has 0 spiro atoms. The van der Waals surface area contributed by atoms with E-state index >= 15 is 0 Å². The molecule has 2 aromatic rings. The van der Waals surface area contributed by atoms with Gasteiger partial charge in [-0.25, -0.2) is 0 Å². The predicted molar refractivity (Wildman–Crippen MR) is 69.8 cm³/mol. The smallest absolute Gasteiger partial charge is 0.142 e. The summed E-state index contributed by atoms with van der Waals surface area (Å²) in [5, 5.41) is 13.0. The number of furan rings is 1. The Kier molecular flexibility index (Phi) is 4.25. The van der Waals surface area contributed by atoms with E-state index in [1.165, 1.54) is 0 Å².